The Hall–Kier alpha value is -1.25. The molecule has 0 radical (unpaired) electrons. The van der Waals surface area contributed by atoms with Gasteiger partial charge in [0.2, 0.25) is 10.0 Å². The van der Waals surface area contributed by atoms with Crippen molar-refractivity contribution >= 4 is 33.4 Å². The quantitative estimate of drug-likeness (QED) is 0.626. The molecule has 0 saturated heterocycles. The van der Waals surface area contributed by atoms with Crippen molar-refractivity contribution in [1.82, 2.24) is 4.31 Å². The summed E-state index contributed by atoms with van der Waals surface area (Å²) < 4.78 is 31.3. The highest BCUT2D eigenvalue weighted by atomic mass is 32.2. The Labute approximate surface area is 129 Å². The summed E-state index contributed by atoms with van der Waals surface area (Å²) in [5, 5.41) is 0. The Kier molecular flexibility index (Phi) is 6.06. The SMILES string of the molecule is COC(=O)c1ccc(N)cc1S(=O)(=O)N(C)C(C)CSC. The third-order valence-electron chi connectivity index (χ3n) is 3.10. The monoisotopic (exact) mass is 332 g/mol. The Morgan fingerprint density at radius 2 is 2.10 bits per heavy atom. The van der Waals surface area contributed by atoms with E-state index in [1.807, 2.05) is 6.26 Å². The normalized spacial score (nSPS) is 13.2. The number of anilines is 1. The van der Waals surface area contributed by atoms with Crippen molar-refractivity contribution in [3.05, 3.63) is 23.8 Å². The number of carbonyl (C=O) groups is 1. The zero-order valence-electron chi connectivity index (χ0n) is 12.5. The number of methoxy groups -OCH3 is 1. The fourth-order valence-corrected chi connectivity index (χ4v) is 4.14. The topological polar surface area (TPSA) is 89.7 Å². The summed E-state index contributed by atoms with van der Waals surface area (Å²) in [6.07, 6.45) is 1.90. The average Bonchev–Trinajstić information content (AvgIpc) is 2.45. The van der Waals surface area contributed by atoms with Crippen molar-refractivity contribution in [3.63, 3.8) is 0 Å². The molecule has 0 aromatic heterocycles. The molecule has 6 nitrogen and oxygen atoms in total. The van der Waals surface area contributed by atoms with Crippen LogP contribution in [0.3, 0.4) is 0 Å². The molecule has 1 rings (SSSR count). The summed E-state index contributed by atoms with van der Waals surface area (Å²) >= 11 is 1.55. The van der Waals surface area contributed by atoms with E-state index in [-0.39, 0.29) is 22.2 Å². The zero-order valence-corrected chi connectivity index (χ0v) is 14.1. The molecule has 0 fully saturated rings. The minimum Gasteiger partial charge on any atom is -0.465 e. The van der Waals surface area contributed by atoms with Gasteiger partial charge in [-0.2, -0.15) is 16.1 Å². The summed E-state index contributed by atoms with van der Waals surface area (Å²) in [6, 6.07) is 3.90. The van der Waals surface area contributed by atoms with Crippen molar-refractivity contribution < 1.29 is 17.9 Å². The first-order valence-corrected chi connectivity index (χ1v) is 9.04. The number of hydrogen-bond acceptors (Lipinski definition) is 6. The largest absolute Gasteiger partial charge is 0.465 e. The third kappa shape index (κ3) is 3.90. The summed E-state index contributed by atoms with van der Waals surface area (Å²) in [7, 11) is -1.14. The van der Waals surface area contributed by atoms with E-state index in [1.54, 1.807) is 18.7 Å². The maximum atomic E-state index is 12.7. The molecule has 0 aliphatic heterocycles. The average molecular weight is 332 g/mol. The van der Waals surface area contributed by atoms with Gasteiger partial charge in [-0.1, -0.05) is 0 Å². The Morgan fingerprint density at radius 3 is 2.62 bits per heavy atom. The van der Waals surface area contributed by atoms with Crippen LogP contribution in [0.4, 0.5) is 5.69 Å². The fraction of sp³-hybridized carbons (Fsp3) is 0.462. The number of benzene rings is 1. The van der Waals surface area contributed by atoms with Gasteiger partial charge in [0.25, 0.3) is 0 Å². The highest BCUT2D eigenvalue weighted by Gasteiger charge is 2.30. The van der Waals surface area contributed by atoms with Gasteiger partial charge in [0.15, 0.2) is 0 Å². The second-order valence-corrected chi connectivity index (χ2v) is 7.45. The Morgan fingerprint density at radius 1 is 1.48 bits per heavy atom. The van der Waals surface area contributed by atoms with Gasteiger partial charge < -0.3 is 10.5 Å². The van der Waals surface area contributed by atoms with Crippen LogP contribution in [0.2, 0.25) is 0 Å². The number of ether oxygens (including phenoxy) is 1. The lowest BCUT2D eigenvalue weighted by atomic mass is 10.2. The van der Waals surface area contributed by atoms with Crippen molar-refractivity contribution in [2.45, 2.75) is 17.9 Å². The van der Waals surface area contributed by atoms with Gasteiger partial charge >= 0.3 is 5.97 Å². The van der Waals surface area contributed by atoms with Crippen LogP contribution < -0.4 is 5.73 Å². The number of esters is 1. The van der Waals surface area contributed by atoms with E-state index >= 15 is 0 Å². The maximum Gasteiger partial charge on any atom is 0.339 e. The number of thioether (sulfide) groups is 1. The maximum absolute atomic E-state index is 12.7. The van der Waals surface area contributed by atoms with Gasteiger partial charge in [0.05, 0.1) is 17.6 Å². The lowest BCUT2D eigenvalue weighted by Gasteiger charge is -2.24. The number of rotatable bonds is 6. The van der Waals surface area contributed by atoms with Crippen LogP contribution in [0.1, 0.15) is 17.3 Å². The molecule has 1 aromatic carbocycles. The number of nitrogens with zero attached hydrogens (tertiary/aromatic N) is 1. The molecule has 8 heteroatoms. The predicted octanol–water partition coefficient (Wildman–Crippen LogP) is 1.43. The molecule has 0 amide bonds. The highest BCUT2D eigenvalue weighted by molar-refractivity contribution is 7.98. The van der Waals surface area contributed by atoms with Crippen molar-refractivity contribution in [3.8, 4) is 0 Å². The van der Waals surface area contributed by atoms with Gasteiger partial charge in [-0.3, -0.25) is 0 Å². The van der Waals surface area contributed by atoms with Crippen molar-refractivity contribution in [2.24, 2.45) is 0 Å². The van der Waals surface area contributed by atoms with Crippen LogP contribution in [0.25, 0.3) is 0 Å². The van der Waals surface area contributed by atoms with Gasteiger partial charge in [-0.15, -0.1) is 0 Å². The lowest BCUT2D eigenvalue weighted by molar-refractivity contribution is 0.0596. The van der Waals surface area contributed by atoms with Crippen LogP contribution in [-0.4, -0.2) is 50.9 Å². The molecule has 118 valence electrons. The fourth-order valence-electron chi connectivity index (χ4n) is 1.77. The third-order valence-corrected chi connectivity index (χ3v) is 5.92. The molecule has 1 aromatic rings. The van der Waals surface area contributed by atoms with E-state index in [0.29, 0.717) is 5.75 Å². The first kappa shape index (κ1) is 17.8. The molecule has 1 atom stereocenters. The van der Waals surface area contributed by atoms with Gasteiger partial charge in [-0.25, -0.2) is 13.2 Å². The molecule has 0 heterocycles. The van der Waals surface area contributed by atoms with Crippen molar-refractivity contribution in [1.29, 1.82) is 0 Å². The minimum absolute atomic E-state index is 0.0186. The first-order valence-electron chi connectivity index (χ1n) is 6.20. The van der Waals surface area contributed by atoms with E-state index in [0.717, 1.165) is 0 Å². The first-order chi connectivity index (χ1) is 9.75. The molecule has 0 aliphatic rings. The van der Waals surface area contributed by atoms with Crippen LogP contribution in [0.5, 0.6) is 0 Å². The molecular weight excluding hydrogens is 312 g/mol. The minimum atomic E-state index is -3.83. The van der Waals surface area contributed by atoms with Crippen LogP contribution in [0, 0.1) is 0 Å². The molecule has 21 heavy (non-hydrogen) atoms. The van der Waals surface area contributed by atoms with E-state index in [1.165, 1.54) is 36.7 Å². The van der Waals surface area contributed by atoms with E-state index < -0.39 is 16.0 Å². The van der Waals surface area contributed by atoms with Crippen LogP contribution >= 0.6 is 11.8 Å². The van der Waals surface area contributed by atoms with E-state index in [9.17, 15) is 13.2 Å². The Bertz CT molecular complexity index is 617. The molecule has 0 aliphatic carbocycles. The number of sulfonamides is 1. The molecule has 1 unspecified atom stereocenters. The molecule has 2 N–H and O–H groups in total. The summed E-state index contributed by atoms with van der Waals surface area (Å²) in [5.41, 5.74) is 5.91. The lowest BCUT2D eigenvalue weighted by Crippen LogP contribution is -2.37. The van der Waals surface area contributed by atoms with Gasteiger partial charge in [-0.05, 0) is 31.4 Å². The van der Waals surface area contributed by atoms with Crippen molar-refractivity contribution in [2.75, 3.05) is 31.9 Å². The van der Waals surface area contributed by atoms with E-state index in [4.69, 9.17) is 5.73 Å². The standard InChI is InChI=1S/C13H20N2O4S2/c1-9(8-20-4)15(2)21(17,18)12-7-10(14)5-6-11(12)13(16)19-3/h5-7,9H,8,14H2,1-4H3. The molecular formula is C13H20N2O4S2. The van der Waals surface area contributed by atoms with Gasteiger partial charge in [0, 0.05) is 24.5 Å². The summed E-state index contributed by atoms with van der Waals surface area (Å²) in [4.78, 5) is 11.6. The smallest absolute Gasteiger partial charge is 0.339 e. The van der Waals surface area contributed by atoms with Crippen LogP contribution in [0.15, 0.2) is 23.1 Å². The predicted molar refractivity (Wildman–Crippen MR) is 85.0 cm³/mol. The van der Waals surface area contributed by atoms with Gasteiger partial charge in [0.1, 0.15) is 0 Å². The van der Waals surface area contributed by atoms with Crippen LogP contribution in [-0.2, 0) is 14.8 Å². The number of carbonyl (C=O) groups excluding carboxylic acids is 1. The van der Waals surface area contributed by atoms with E-state index in [2.05, 4.69) is 4.74 Å². The summed E-state index contributed by atoms with van der Waals surface area (Å²) in [5.74, 6) is -0.0644. The summed E-state index contributed by atoms with van der Waals surface area (Å²) in [6.45, 7) is 1.80. The number of hydrogen-bond donors (Lipinski definition) is 1. The highest BCUT2D eigenvalue weighted by Crippen LogP contribution is 2.24. The Balaban J connectivity index is 3.36. The number of nitrogens with two attached hydrogens (primary N) is 1. The molecule has 0 saturated carbocycles. The second-order valence-electron chi connectivity index (χ2n) is 4.57. The second kappa shape index (κ2) is 7.15. The number of nitrogen functional groups attached to an aromatic ring is 1. The molecule has 0 spiro atoms. The zero-order chi connectivity index (χ0) is 16.2. The molecule has 0 bridgehead atoms.